The number of rotatable bonds is 5. The minimum atomic E-state index is -0.370. The molecule has 2 N–H and O–H groups in total. The van der Waals surface area contributed by atoms with Gasteiger partial charge in [0.25, 0.3) is 0 Å². The molecule has 5 heteroatoms. The Morgan fingerprint density at radius 1 is 1.22 bits per heavy atom. The molecule has 1 amide bonds. The number of benzene rings is 1. The molecule has 1 aromatic rings. The molecule has 3 aliphatic rings. The van der Waals surface area contributed by atoms with Gasteiger partial charge in [-0.05, 0) is 49.3 Å². The molecule has 2 bridgehead atoms. The Morgan fingerprint density at radius 3 is 2.56 bits per heavy atom. The van der Waals surface area contributed by atoms with Crippen molar-refractivity contribution >= 4 is 5.91 Å². The molecule has 148 valence electrons. The van der Waals surface area contributed by atoms with Crippen LogP contribution in [-0.4, -0.2) is 50.8 Å². The first-order valence-electron chi connectivity index (χ1n) is 10.4. The summed E-state index contributed by atoms with van der Waals surface area (Å²) < 4.78 is 11.8. The molecule has 2 saturated heterocycles. The zero-order valence-electron chi connectivity index (χ0n) is 16.4. The molecule has 1 aromatic carbocycles. The van der Waals surface area contributed by atoms with Gasteiger partial charge >= 0.3 is 0 Å². The fourth-order valence-electron chi connectivity index (χ4n) is 5.81. The Kier molecular flexibility index (Phi) is 5.53. The van der Waals surface area contributed by atoms with E-state index in [1.54, 1.807) is 6.07 Å². The van der Waals surface area contributed by atoms with Crippen molar-refractivity contribution in [3.8, 4) is 0 Å². The number of hydrogen-bond acceptors (Lipinski definition) is 4. The van der Waals surface area contributed by atoms with E-state index in [0.717, 1.165) is 37.8 Å². The van der Waals surface area contributed by atoms with Crippen molar-refractivity contribution in [2.45, 2.75) is 37.7 Å². The predicted octanol–water partition coefficient (Wildman–Crippen LogP) is 2.79. The van der Waals surface area contributed by atoms with E-state index in [2.05, 4.69) is 11.0 Å². The topological polar surface area (TPSA) is 64.8 Å². The van der Waals surface area contributed by atoms with Crippen LogP contribution in [0, 0.1) is 17.8 Å². The van der Waals surface area contributed by atoms with E-state index in [4.69, 9.17) is 15.2 Å². The summed E-state index contributed by atoms with van der Waals surface area (Å²) >= 11 is 0. The number of piperidine rings is 1. The molecule has 4 rings (SSSR count). The van der Waals surface area contributed by atoms with Gasteiger partial charge in [-0.2, -0.15) is 0 Å². The number of amides is 1. The number of nitrogens with zero attached hydrogens (tertiary/aromatic N) is 1. The third-order valence-electron chi connectivity index (χ3n) is 7.07. The van der Waals surface area contributed by atoms with E-state index in [1.807, 2.05) is 19.2 Å². The average molecular weight is 373 g/mol. The number of ether oxygens (including phenoxy) is 2. The molecule has 2 heterocycles. The highest BCUT2D eigenvalue weighted by Crippen LogP contribution is 2.51. The zero-order valence-corrected chi connectivity index (χ0v) is 16.4. The number of likely N-dealkylation sites (tertiary alicyclic amines) is 1. The average Bonchev–Trinajstić information content (AvgIpc) is 2.68. The van der Waals surface area contributed by atoms with Gasteiger partial charge in [0, 0.05) is 57.4 Å². The van der Waals surface area contributed by atoms with Crippen molar-refractivity contribution < 1.29 is 14.3 Å². The Labute approximate surface area is 162 Å². The highest BCUT2D eigenvalue weighted by atomic mass is 16.5. The van der Waals surface area contributed by atoms with Gasteiger partial charge in [0.2, 0.25) is 5.91 Å². The number of carbonyl (C=O) groups is 1. The fourth-order valence-corrected chi connectivity index (χ4v) is 5.81. The molecule has 0 aromatic heterocycles. The van der Waals surface area contributed by atoms with Crippen LogP contribution in [0.15, 0.2) is 24.3 Å². The zero-order chi connectivity index (χ0) is 18.9. The van der Waals surface area contributed by atoms with Crippen LogP contribution >= 0.6 is 0 Å². The van der Waals surface area contributed by atoms with Gasteiger partial charge in [-0.15, -0.1) is 0 Å². The lowest BCUT2D eigenvalue weighted by Gasteiger charge is -2.56. The molecule has 0 spiro atoms. The van der Waals surface area contributed by atoms with Crippen molar-refractivity contribution in [1.29, 1.82) is 0 Å². The Balaban J connectivity index is 1.58. The maximum Gasteiger partial charge on any atom is 0.248 e. The molecule has 5 nitrogen and oxygen atoms in total. The van der Waals surface area contributed by atoms with Crippen LogP contribution in [0.2, 0.25) is 0 Å². The van der Waals surface area contributed by atoms with Crippen molar-refractivity contribution in [1.82, 2.24) is 4.90 Å². The first kappa shape index (κ1) is 18.9. The summed E-state index contributed by atoms with van der Waals surface area (Å²) in [6, 6.07) is 7.83. The van der Waals surface area contributed by atoms with Gasteiger partial charge in [-0.3, -0.25) is 4.79 Å². The minimum Gasteiger partial charge on any atom is -0.381 e. The first-order valence-corrected chi connectivity index (χ1v) is 10.4. The monoisotopic (exact) mass is 372 g/mol. The first-order chi connectivity index (χ1) is 13.1. The maximum absolute atomic E-state index is 11.7. The number of carbonyl (C=O) groups excluding carboxylic acids is 1. The van der Waals surface area contributed by atoms with Crippen LogP contribution in [0.1, 0.15) is 48.0 Å². The lowest BCUT2D eigenvalue weighted by atomic mass is 9.62. The van der Waals surface area contributed by atoms with Crippen molar-refractivity contribution in [2.24, 2.45) is 23.5 Å². The standard InChI is InChI=1S/C22H32N2O3/c1-26-22(18-5-2-4-17(12-18)21(23)25)19-6-3-7-20(22)15-24(14-19)13-16-8-10-27-11-9-16/h2,4-5,12,16,19-20H,3,6-11,13-15H2,1H3,(H2,23,25)/t19-,20+,22-. The molecular weight excluding hydrogens is 340 g/mol. The summed E-state index contributed by atoms with van der Waals surface area (Å²) in [6.07, 6.45) is 5.98. The normalized spacial score (nSPS) is 32.3. The van der Waals surface area contributed by atoms with Gasteiger partial charge in [0.05, 0.1) is 0 Å². The second kappa shape index (κ2) is 7.90. The van der Waals surface area contributed by atoms with E-state index in [9.17, 15) is 4.79 Å². The van der Waals surface area contributed by atoms with Crippen molar-refractivity contribution in [3.05, 3.63) is 35.4 Å². The molecule has 1 aliphatic carbocycles. The quantitative estimate of drug-likeness (QED) is 0.863. The van der Waals surface area contributed by atoms with E-state index >= 15 is 0 Å². The van der Waals surface area contributed by atoms with Crippen LogP contribution < -0.4 is 5.73 Å². The van der Waals surface area contributed by atoms with Gasteiger partial charge in [0.15, 0.2) is 0 Å². The lowest BCUT2D eigenvalue weighted by molar-refractivity contribution is -0.171. The third-order valence-corrected chi connectivity index (χ3v) is 7.07. The fraction of sp³-hybridized carbons (Fsp3) is 0.682. The number of methoxy groups -OCH3 is 1. The molecule has 3 fully saturated rings. The van der Waals surface area contributed by atoms with Gasteiger partial charge < -0.3 is 20.1 Å². The van der Waals surface area contributed by atoms with E-state index in [1.165, 1.54) is 38.6 Å². The summed E-state index contributed by atoms with van der Waals surface area (Å²) in [5.41, 5.74) is 6.95. The summed E-state index contributed by atoms with van der Waals surface area (Å²) in [7, 11) is 1.84. The molecule has 0 unspecified atom stereocenters. The van der Waals surface area contributed by atoms with E-state index < -0.39 is 0 Å². The SMILES string of the molecule is CO[C@]1(c2cccc(C(N)=O)c2)[C@@H]2CCC[C@H]1CN(CC1CCOCC1)C2. The third kappa shape index (κ3) is 3.53. The Bertz CT molecular complexity index is 657. The molecule has 0 radical (unpaired) electrons. The summed E-state index contributed by atoms with van der Waals surface area (Å²) in [5, 5.41) is 0. The van der Waals surface area contributed by atoms with Crippen LogP contribution in [0.5, 0.6) is 0 Å². The largest absolute Gasteiger partial charge is 0.381 e. The molecule has 27 heavy (non-hydrogen) atoms. The van der Waals surface area contributed by atoms with Crippen molar-refractivity contribution in [2.75, 3.05) is 40.0 Å². The Hall–Kier alpha value is -1.43. The molecule has 1 saturated carbocycles. The number of hydrogen-bond donors (Lipinski definition) is 1. The smallest absolute Gasteiger partial charge is 0.248 e. The highest BCUT2D eigenvalue weighted by molar-refractivity contribution is 5.92. The number of primary amides is 1. The Morgan fingerprint density at radius 2 is 1.93 bits per heavy atom. The van der Waals surface area contributed by atoms with Crippen LogP contribution in [0.25, 0.3) is 0 Å². The molecular formula is C22H32N2O3. The predicted molar refractivity (Wildman–Crippen MR) is 104 cm³/mol. The van der Waals surface area contributed by atoms with Gasteiger partial charge in [-0.25, -0.2) is 0 Å². The van der Waals surface area contributed by atoms with Crippen LogP contribution in [0.3, 0.4) is 0 Å². The van der Waals surface area contributed by atoms with Gasteiger partial charge in [0.1, 0.15) is 5.60 Å². The van der Waals surface area contributed by atoms with E-state index in [-0.39, 0.29) is 11.5 Å². The highest BCUT2D eigenvalue weighted by Gasteiger charge is 2.53. The van der Waals surface area contributed by atoms with Crippen LogP contribution in [0.4, 0.5) is 0 Å². The number of fused-ring (bicyclic) bond motifs is 2. The maximum atomic E-state index is 11.7. The molecule has 3 atom stereocenters. The second-order valence-corrected chi connectivity index (χ2v) is 8.54. The summed E-state index contributed by atoms with van der Waals surface area (Å²) in [5.74, 6) is 1.30. The number of nitrogens with two attached hydrogens (primary N) is 1. The minimum absolute atomic E-state index is 0.296. The molecule has 2 aliphatic heterocycles. The second-order valence-electron chi connectivity index (χ2n) is 8.54. The summed E-state index contributed by atoms with van der Waals surface area (Å²) in [6.45, 7) is 5.14. The lowest BCUT2D eigenvalue weighted by Crippen LogP contribution is -2.59. The van der Waals surface area contributed by atoms with Crippen LogP contribution in [-0.2, 0) is 15.1 Å². The van der Waals surface area contributed by atoms with Gasteiger partial charge in [-0.1, -0.05) is 18.6 Å². The van der Waals surface area contributed by atoms with Crippen molar-refractivity contribution in [3.63, 3.8) is 0 Å². The van der Waals surface area contributed by atoms with E-state index in [0.29, 0.717) is 17.4 Å². The summed E-state index contributed by atoms with van der Waals surface area (Å²) in [4.78, 5) is 14.4.